The van der Waals surface area contributed by atoms with Crippen LogP contribution in [-0.4, -0.2) is 66.0 Å². The van der Waals surface area contributed by atoms with Gasteiger partial charge in [0, 0.05) is 13.1 Å². The first-order valence-corrected chi connectivity index (χ1v) is 8.90. The van der Waals surface area contributed by atoms with Gasteiger partial charge < -0.3 is 19.1 Å². The van der Waals surface area contributed by atoms with Gasteiger partial charge in [0.1, 0.15) is 12.2 Å². The maximum absolute atomic E-state index is 12.5. The summed E-state index contributed by atoms with van der Waals surface area (Å²) >= 11 is 0. The van der Waals surface area contributed by atoms with Gasteiger partial charge in [0.05, 0.1) is 25.3 Å². The van der Waals surface area contributed by atoms with Crippen LogP contribution in [0.25, 0.3) is 0 Å². The molecule has 2 heterocycles. The highest BCUT2D eigenvalue weighted by atomic mass is 16.6. The van der Waals surface area contributed by atoms with Crippen molar-refractivity contribution in [1.82, 2.24) is 9.80 Å². The second-order valence-electron chi connectivity index (χ2n) is 7.60. The van der Waals surface area contributed by atoms with Crippen LogP contribution in [0.3, 0.4) is 0 Å². The Morgan fingerprint density at radius 1 is 1.15 bits per heavy atom. The highest BCUT2D eigenvalue weighted by Gasteiger charge is 2.45. The van der Waals surface area contributed by atoms with Gasteiger partial charge >= 0.3 is 12.2 Å². The molecule has 0 radical (unpaired) electrons. The number of benzene rings is 1. The number of fused-ring (bicyclic) bond motifs is 1. The first-order valence-electron chi connectivity index (χ1n) is 8.90. The predicted molar refractivity (Wildman–Crippen MR) is 94.7 cm³/mol. The second-order valence-corrected chi connectivity index (χ2v) is 7.60. The molecule has 142 valence electrons. The molecule has 2 aliphatic heterocycles. The van der Waals surface area contributed by atoms with Crippen molar-refractivity contribution in [3.63, 3.8) is 0 Å². The Labute approximate surface area is 153 Å². The SMILES string of the molecule is CC(C)(C)OC(=O)N1CC2OCCN(C(=O)OCc3ccccc3)C2C1. The number of nitrogens with zero attached hydrogens (tertiary/aromatic N) is 2. The van der Waals surface area contributed by atoms with E-state index in [1.165, 1.54) is 0 Å². The zero-order valence-corrected chi connectivity index (χ0v) is 15.5. The molecular weight excluding hydrogens is 336 g/mol. The molecule has 2 atom stereocenters. The van der Waals surface area contributed by atoms with E-state index in [0.717, 1.165) is 5.56 Å². The topological polar surface area (TPSA) is 68.3 Å². The smallest absolute Gasteiger partial charge is 0.410 e. The first-order chi connectivity index (χ1) is 12.3. The lowest BCUT2D eigenvalue weighted by atomic mass is 10.1. The molecule has 0 N–H and O–H groups in total. The second kappa shape index (κ2) is 7.53. The third-order valence-corrected chi connectivity index (χ3v) is 4.39. The van der Waals surface area contributed by atoms with E-state index in [1.54, 1.807) is 9.80 Å². The van der Waals surface area contributed by atoms with Crippen LogP contribution in [0.15, 0.2) is 30.3 Å². The summed E-state index contributed by atoms with van der Waals surface area (Å²) in [6, 6.07) is 9.35. The van der Waals surface area contributed by atoms with Crippen LogP contribution in [0.2, 0.25) is 0 Å². The van der Waals surface area contributed by atoms with E-state index in [4.69, 9.17) is 14.2 Å². The standard InChI is InChI=1S/C19H26N2O5/c1-19(2,3)26-17(22)20-11-15-16(12-20)24-10-9-21(15)18(23)25-13-14-7-5-4-6-8-14/h4-8,15-16H,9-13H2,1-3H3. The number of carbonyl (C=O) groups is 2. The minimum absolute atomic E-state index is 0.208. The Hall–Kier alpha value is -2.28. The van der Waals surface area contributed by atoms with Crippen LogP contribution in [0.1, 0.15) is 26.3 Å². The van der Waals surface area contributed by atoms with Crippen molar-refractivity contribution >= 4 is 12.2 Å². The van der Waals surface area contributed by atoms with E-state index in [1.807, 2.05) is 51.1 Å². The summed E-state index contributed by atoms with van der Waals surface area (Å²) in [5, 5.41) is 0. The van der Waals surface area contributed by atoms with Gasteiger partial charge in [-0.1, -0.05) is 30.3 Å². The molecule has 7 heteroatoms. The fourth-order valence-electron chi connectivity index (χ4n) is 3.19. The Bertz CT molecular complexity index is 643. The van der Waals surface area contributed by atoms with Crippen LogP contribution >= 0.6 is 0 Å². The molecule has 2 aliphatic rings. The van der Waals surface area contributed by atoms with Gasteiger partial charge in [-0.05, 0) is 26.3 Å². The van der Waals surface area contributed by atoms with E-state index >= 15 is 0 Å². The predicted octanol–water partition coefficient (Wildman–Crippen LogP) is 2.64. The zero-order valence-electron chi connectivity index (χ0n) is 15.5. The maximum atomic E-state index is 12.5. The van der Waals surface area contributed by atoms with Crippen LogP contribution in [0.4, 0.5) is 9.59 Å². The van der Waals surface area contributed by atoms with E-state index in [-0.39, 0.29) is 30.9 Å². The lowest BCUT2D eigenvalue weighted by Crippen LogP contribution is -2.53. The van der Waals surface area contributed by atoms with Crippen LogP contribution in [0, 0.1) is 0 Å². The number of carbonyl (C=O) groups excluding carboxylic acids is 2. The number of amides is 2. The average molecular weight is 362 g/mol. The molecule has 26 heavy (non-hydrogen) atoms. The fourth-order valence-corrected chi connectivity index (χ4v) is 3.19. The third-order valence-electron chi connectivity index (χ3n) is 4.39. The molecule has 1 aromatic rings. The molecule has 2 saturated heterocycles. The Morgan fingerprint density at radius 3 is 2.58 bits per heavy atom. The molecule has 0 spiro atoms. The van der Waals surface area contributed by atoms with Crippen molar-refractivity contribution in [3.8, 4) is 0 Å². The van der Waals surface area contributed by atoms with Crippen molar-refractivity contribution < 1.29 is 23.8 Å². The largest absolute Gasteiger partial charge is 0.445 e. The molecule has 2 unspecified atom stereocenters. The lowest BCUT2D eigenvalue weighted by molar-refractivity contribution is -0.0447. The molecule has 7 nitrogen and oxygen atoms in total. The molecule has 0 aliphatic carbocycles. The Morgan fingerprint density at radius 2 is 1.88 bits per heavy atom. The number of hydrogen-bond donors (Lipinski definition) is 0. The van der Waals surface area contributed by atoms with Crippen LogP contribution in [0.5, 0.6) is 0 Å². The summed E-state index contributed by atoms with van der Waals surface area (Å²) in [5.41, 5.74) is 0.382. The Kier molecular flexibility index (Phi) is 5.36. The summed E-state index contributed by atoms with van der Waals surface area (Å²) < 4.78 is 16.6. The van der Waals surface area contributed by atoms with Gasteiger partial charge in [-0.2, -0.15) is 0 Å². The van der Waals surface area contributed by atoms with Crippen molar-refractivity contribution in [3.05, 3.63) is 35.9 Å². The van der Waals surface area contributed by atoms with E-state index in [2.05, 4.69) is 0 Å². The van der Waals surface area contributed by atoms with Crippen LogP contribution < -0.4 is 0 Å². The third kappa shape index (κ3) is 4.46. The van der Waals surface area contributed by atoms with Crippen molar-refractivity contribution in [2.24, 2.45) is 0 Å². The van der Waals surface area contributed by atoms with E-state index in [9.17, 15) is 9.59 Å². The number of ether oxygens (including phenoxy) is 3. The Balaban J connectivity index is 1.59. The molecule has 1 aromatic carbocycles. The van der Waals surface area contributed by atoms with Crippen molar-refractivity contribution in [1.29, 1.82) is 0 Å². The molecular formula is C19H26N2O5. The number of hydrogen-bond acceptors (Lipinski definition) is 5. The summed E-state index contributed by atoms with van der Waals surface area (Å²) in [6.07, 6.45) is -0.966. The van der Waals surface area contributed by atoms with Crippen LogP contribution in [-0.2, 0) is 20.8 Å². The highest BCUT2D eigenvalue weighted by Crippen LogP contribution is 2.25. The van der Waals surface area contributed by atoms with Gasteiger partial charge in [-0.15, -0.1) is 0 Å². The lowest BCUT2D eigenvalue weighted by Gasteiger charge is -2.35. The monoisotopic (exact) mass is 362 g/mol. The fraction of sp³-hybridized carbons (Fsp3) is 0.579. The first kappa shape index (κ1) is 18.5. The number of likely N-dealkylation sites (tertiary alicyclic amines) is 1. The van der Waals surface area contributed by atoms with Gasteiger partial charge in [0.2, 0.25) is 0 Å². The molecule has 2 fully saturated rings. The van der Waals surface area contributed by atoms with Gasteiger partial charge in [0.25, 0.3) is 0 Å². The minimum atomic E-state index is -0.556. The van der Waals surface area contributed by atoms with E-state index in [0.29, 0.717) is 26.2 Å². The maximum Gasteiger partial charge on any atom is 0.410 e. The van der Waals surface area contributed by atoms with Crippen molar-refractivity contribution in [2.45, 2.75) is 45.1 Å². The summed E-state index contributed by atoms with van der Waals surface area (Å²) in [5.74, 6) is 0. The normalized spacial score (nSPS) is 22.7. The zero-order chi connectivity index (χ0) is 18.7. The molecule has 3 rings (SSSR count). The van der Waals surface area contributed by atoms with Gasteiger partial charge in [0.15, 0.2) is 0 Å². The summed E-state index contributed by atoms with van der Waals surface area (Å²) in [6.45, 7) is 7.42. The molecule has 0 saturated carbocycles. The summed E-state index contributed by atoms with van der Waals surface area (Å²) in [4.78, 5) is 28.1. The molecule has 2 amide bonds. The van der Waals surface area contributed by atoms with Gasteiger partial charge in [-0.3, -0.25) is 4.90 Å². The minimum Gasteiger partial charge on any atom is -0.445 e. The average Bonchev–Trinajstić information content (AvgIpc) is 3.03. The highest BCUT2D eigenvalue weighted by molar-refractivity contribution is 5.71. The van der Waals surface area contributed by atoms with Gasteiger partial charge in [-0.25, -0.2) is 9.59 Å². The summed E-state index contributed by atoms with van der Waals surface area (Å²) in [7, 11) is 0. The van der Waals surface area contributed by atoms with E-state index < -0.39 is 5.60 Å². The quantitative estimate of drug-likeness (QED) is 0.809. The number of morpholine rings is 1. The molecule has 0 bridgehead atoms. The molecule has 0 aromatic heterocycles. The number of rotatable bonds is 2. The van der Waals surface area contributed by atoms with Crippen molar-refractivity contribution in [2.75, 3.05) is 26.2 Å².